The van der Waals surface area contributed by atoms with E-state index in [-0.39, 0.29) is 29.1 Å². The lowest BCUT2D eigenvalue weighted by atomic mass is 9.65. The topological polar surface area (TPSA) is 55.8 Å². The minimum Gasteiger partial charge on any atom is -0.417 e. The molecule has 0 aliphatic heterocycles. The Kier molecular flexibility index (Phi) is 5.69. The largest absolute Gasteiger partial charge is 0.417 e. The second kappa shape index (κ2) is 7.35. The normalized spacial score (nSPS) is 32.9. The Morgan fingerprint density at radius 1 is 1.21 bits per heavy atom. The molecule has 28 heavy (non-hydrogen) atoms. The highest BCUT2D eigenvalue weighted by molar-refractivity contribution is 6.74. The van der Waals surface area contributed by atoms with Crippen molar-refractivity contribution >= 4 is 14.1 Å². The van der Waals surface area contributed by atoms with Gasteiger partial charge in [0.05, 0.1) is 18.8 Å². The third-order valence-corrected chi connectivity index (χ3v) is 12.2. The van der Waals surface area contributed by atoms with Gasteiger partial charge in [-0.25, -0.2) is 0 Å². The molecule has 0 spiro atoms. The molecule has 0 unspecified atom stereocenters. The number of aliphatic hydroxyl groups is 1. The summed E-state index contributed by atoms with van der Waals surface area (Å²) in [7, 11) is -1.93. The zero-order valence-corrected chi connectivity index (χ0v) is 19.2. The highest BCUT2D eigenvalue weighted by Gasteiger charge is 2.67. The molecule has 0 amide bonds. The van der Waals surface area contributed by atoms with Crippen LogP contribution in [0.5, 0.6) is 0 Å². The first kappa shape index (κ1) is 21.7. The fraction of sp³-hybridized carbons (Fsp3) is 0.696. The third kappa shape index (κ3) is 3.74. The molecule has 3 rings (SSSR count). The molecule has 2 bridgehead atoms. The molecular weight excluding hydrogens is 368 g/mol. The number of Topliss-reactive ketones (excluding diaryl/α,β-unsaturated/α-hetero) is 1. The number of ketones is 1. The van der Waals surface area contributed by atoms with Crippen LogP contribution in [-0.4, -0.2) is 38.0 Å². The molecule has 4 atom stereocenters. The van der Waals surface area contributed by atoms with Gasteiger partial charge in [0, 0.05) is 30.3 Å². The second-order valence-electron chi connectivity index (χ2n) is 10.6. The number of hydrogen-bond acceptors (Lipinski definition) is 4. The SMILES string of the molecule is CC(C)(C)[Si](C)(C)OC[C@@H]1[C@@H]2C[C@@](O)(CC2=O)[C@@]1(C)COCc1ccccc1. The lowest BCUT2D eigenvalue weighted by Gasteiger charge is -2.46. The zero-order valence-electron chi connectivity index (χ0n) is 18.2. The second-order valence-corrected chi connectivity index (χ2v) is 15.4. The van der Waals surface area contributed by atoms with E-state index in [1.807, 2.05) is 30.3 Å². The number of carbonyl (C=O) groups is 1. The van der Waals surface area contributed by atoms with Crippen LogP contribution in [0.1, 0.15) is 46.1 Å². The average molecular weight is 405 g/mol. The van der Waals surface area contributed by atoms with Crippen molar-refractivity contribution in [3.63, 3.8) is 0 Å². The van der Waals surface area contributed by atoms with Gasteiger partial charge in [0.25, 0.3) is 0 Å². The van der Waals surface area contributed by atoms with E-state index < -0.39 is 19.3 Å². The van der Waals surface area contributed by atoms with Crippen molar-refractivity contribution in [2.75, 3.05) is 13.2 Å². The fourth-order valence-corrected chi connectivity index (χ4v) is 5.60. The van der Waals surface area contributed by atoms with Crippen molar-refractivity contribution in [1.82, 2.24) is 0 Å². The third-order valence-electron chi connectivity index (χ3n) is 7.75. The maximum Gasteiger partial charge on any atom is 0.191 e. The molecule has 2 fully saturated rings. The van der Waals surface area contributed by atoms with Crippen molar-refractivity contribution in [3.05, 3.63) is 35.9 Å². The van der Waals surface area contributed by atoms with Crippen LogP contribution in [0.2, 0.25) is 18.1 Å². The summed E-state index contributed by atoms with van der Waals surface area (Å²) in [5.74, 6) is 0.0793. The van der Waals surface area contributed by atoms with Crippen molar-refractivity contribution < 1.29 is 19.1 Å². The van der Waals surface area contributed by atoms with E-state index in [0.717, 1.165) is 5.56 Å². The van der Waals surface area contributed by atoms with Gasteiger partial charge in [-0.2, -0.15) is 0 Å². The smallest absolute Gasteiger partial charge is 0.191 e. The van der Waals surface area contributed by atoms with Crippen molar-refractivity contribution in [1.29, 1.82) is 0 Å². The standard InChI is InChI=1S/C23H36O4Si/c1-21(2,3)28(5,6)27-15-19-18-12-23(25,13-20(18)24)22(19,4)16-26-14-17-10-8-7-9-11-17/h7-11,18-19,25H,12-16H2,1-6H3/t18-,19+,22-,23+/m0/s1. The van der Waals surface area contributed by atoms with E-state index in [0.29, 0.717) is 26.2 Å². The summed E-state index contributed by atoms with van der Waals surface area (Å²) in [6.07, 6.45) is 0.794. The van der Waals surface area contributed by atoms with Gasteiger partial charge in [-0.05, 0) is 30.1 Å². The maximum atomic E-state index is 12.5. The Balaban J connectivity index is 1.73. The minimum atomic E-state index is -1.93. The summed E-state index contributed by atoms with van der Waals surface area (Å²) in [5, 5.41) is 11.5. The molecule has 0 radical (unpaired) electrons. The van der Waals surface area contributed by atoms with Crippen LogP contribution in [0.4, 0.5) is 0 Å². The number of carbonyl (C=O) groups excluding carboxylic acids is 1. The lowest BCUT2D eigenvalue weighted by molar-refractivity contribution is -0.150. The van der Waals surface area contributed by atoms with Crippen LogP contribution in [0.25, 0.3) is 0 Å². The first-order valence-corrected chi connectivity index (χ1v) is 13.3. The highest BCUT2D eigenvalue weighted by Crippen LogP contribution is 2.61. The van der Waals surface area contributed by atoms with Crippen molar-refractivity contribution in [2.45, 2.75) is 70.9 Å². The van der Waals surface area contributed by atoms with Crippen LogP contribution in [-0.2, 0) is 20.6 Å². The summed E-state index contributed by atoms with van der Waals surface area (Å²) < 4.78 is 12.6. The molecule has 156 valence electrons. The molecule has 1 aromatic carbocycles. The molecule has 1 N–H and O–H groups in total. The molecule has 0 heterocycles. The summed E-state index contributed by atoms with van der Waals surface area (Å²) in [6.45, 7) is 14.7. The summed E-state index contributed by atoms with van der Waals surface area (Å²) >= 11 is 0. The molecule has 2 saturated carbocycles. The Morgan fingerprint density at radius 3 is 2.46 bits per heavy atom. The maximum absolute atomic E-state index is 12.5. The van der Waals surface area contributed by atoms with Crippen LogP contribution in [0.15, 0.2) is 30.3 Å². The lowest BCUT2D eigenvalue weighted by Crippen LogP contribution is -2.54. The quantitative estimate of drug-likeness (QED) is 0.676. The van der Waals surface area contributed by atoms with Gasteiger partial charge in [0.15, 0.2) is 8.32 Å². The van der Waals surface area contributed by atoms with E-state index in [1.54, 1.807) is 0 Å². The highest BCUT2D eigenvalue weighted by atomic mass is 28.4. The number of ether oxygens (including phenoxy) is 1. The molecule has 1 aromatic rings. The molecule has 4 nitrogen and oxygen atoms in total. The molecule has 0 saturated heterocycles. The fourth-order valence-electron chi connectivity index (χ4n) is 4.57. The van der Waals surface area contributed by atoms with E-state index in [1.165, 1.54) is 0 Å². The van der Waals surface area contributed by atoms with E-state index in [2.05, 4.69) is 40.8 Å². The molecular formula is C23H36O4Si. The summed E-state index contributed by atoms with van der Waals surface area (Å²) in [4.78, 5) is 12.5. The molecule has 2 aliphatic rings. The van der Waals surface area contributed by atoms with Crippen molar-refractivity contribution in [2.24, 2.45) is 17.3 Å². The van der Waals surface area contributed by atoms with Gasteiger partial charge < -0.3 is 14.3 Å². The van der Waals surface area contributed by atoms with Gasteiger partial charge in [-0.15, -0.1) is 0 Å². The van der Waals surface area contributed by atoms with Crippen LogP contribution >= 0.6 is 0 Å². The van der Waals surface area contributed by atoms with Gasteiger partial charge in [0.2, 0.25) is 0 Å². The number of fused-ring (bicyclic) bond motifs is 2. The monoisotopic (exact) mass is 404 g/mol. The number of hydrogen-bond donors (Lipinski definition) is 1. The zero-order chi connectivity index (χ0) is 20.8. The Morgan fingerprint density at radius 2 is 1.86 bits per heavy atom. The van der Waals surface area contributed by atoms with E-state index in [4.69, 9.17) is 9.16 Å². The van der Waals surface area contributed by atoms with Crippen LogP contribution in [0, 0.1) is 17.3 Å². The minimum absolute atomic E-state index is 0.00338. The summed E-state index contributed by atoms with van der Waals surface area (Å²) in [6, 6.07) is 10.1. The molecule has 5 heteroatoms. The Hall–Kier alpha value is -1.01. The molecule has 2 aliphatic carbocycles. The first-order chi connectivity index (χ1) is 12.9. The Bertz CT molecular complexity index is 711. The van der Waals surface area contributed by atoms with Gasteiger partial charge in [-0.1, -0.05) is 58.0 Å². The van der Waals surface area contributed by atoms with Gasteiger partial charge >= 0.3 is 0 Å². The first-order valence-electron chi connectivity index (χ1n) is 10.4. The predicted molar refractivity (Wildman–Crippen MR) is 114 cm³/mol. The van der Waals surface area contributed by atoms with E-state index >= 15 is 0 Å². The summed E-state index contributed by atoms with van der Waals surface area (Å²) in [5.41, 5.74) is -0.332. The number of rotatable bonds is 7. The number of benzene rings is 1. The predicted octanol–water partition coefficient (Wildman–Crippen LogP) is 4.57. The van der Waals surface area contributed by atoms with Gasteiger partial charge in [-0.3, -0.25) is 4.79 Å². The van der Waals surface area contributed by atoms with Crippen LogP contribution < -0.4 is 0 Å². The molecule has 0 aromatic heterocycles. The van der Waals surface area contributed by atoms with Gasteiger partial charge in [0.1, 0.15) is 5.78 Å². The van der Waals surface area contributed by atoms with Crippen LogP contribution in [0.3, 0.4) is 0 Å². The Labute approximate surface area is 170 Å². The van der Waals surface area contributed by atoms with Crippen molar-refractivity contribution in [3.8, 4) is 0 Å². The average Bonchev–Trinajstić information content (AvgIpc) is 3.01. The van der Waals surface area contributed by atoms with E-state index in [9.17, 15) is 9.90 Å².